The largest absolute Gasteiger partial charge is 0.456 e. The number of para-hydroxylation sites is 2. The van der Waals surface area contributed by atoms with Gasteiger partial charge in [-0.2, -0.15) is 0 Å². The fourth-order valence-electron chi connectivity index (χ4n) is 7.57. The summed E-state index contributed by atoms with van der Waals surface area (Å²) in [6.45, 7) is 0. The molecular formula is C47H27N3O2. The van der Waals surface area contributed by atoms with E-state index in [0.29, 0.717) is 17.5 Å². The van der Waals surface area contributed by atoms with Crippen LogP contribution >= 0.6 is 0 Å². The molecule has 3 heterocycles. The maximum absolute atomic E-state index is 6.65. The molecule has 0 atom stereocenters. The summed E-state index contributed by atoms with van der Waals surface area (Å²) in [5.74, 6) is 1.67. The molecule has 0 saturated carbocycles. The van der Waals surface area contributed by atoms with Crippen LogP contribution < -0.4 is 0 Å². The van der Waals surface area contributed by atoms with Gasteiger partial charge in [-0.05, 0) is 75.1 Å². The Kier molecular flexibility index (Phi) is 6.18. The van der Waals surface area contributed by atoms with Crippen LogP contribution in [0.5, 0.6) is 0 Å². The second-order valence-corrected chi connectivity index (χ2v) is 13.2. The third kappa shape index (κ3) is 4.53. The van der Waals surface area contributed by atoms with E-state index in [2.05, 4.69) is 127 Å². The molecular weight excluding hydrogens is 639 g/mol. The first-order valence-electron chi connectivity index (χ1n) is 17.3. The van der Waals surface area contributed by atoms with Gasteiger partial charge in [0.15, 0.2) is 17.5 Å². The Morgan fingerprint density at radius 2 is 0.942 bits per heavy atom. The van der Waals surface area contributed by atoms with Crippen molar-refractivity contribution in [2.75, 3.05) is 0 Å². The minimum Gasteiger partial charge on any atom is -0.456 e. The number of nitrogens with zero attached hydrogens (tertiary/aromatic N) is 3. The van der Waals surface area contributed by atoms with Crippen molar-refractivity contribution in [3.63, 3.8) is 0 Å². The van der Waals surface area contributed by atoms with Crippen LogP contribution in [0.1, 0.15) is 0 Å². The van der Waals surface area contributed by atoms with Crippen molar-refractivity contribution in [2.45, 2.75) is 0 Å². The van der Waals surface area contributed by atoms with Crippen LogP contribution in [0.25, 0.3) is 111 Å². The molecule has 0 N–H and O–H groups in total. The van der Waals surface area contributed by atoms with Gasteiger partial charge in [0.25, 0.3) is 0 Å². The third-order valence-corrected chi connectivity index (χ3v) is 10.1. The maximum Gasteiger partial charge on any atom is 0.167 e. The second kappa shape index (κ2) is 11.2. The molecule has 0 spiro atoms. The fourth-order valence-corrected chi connectivity index (χ4v) is 7.57. The number of hydrogen-bond acceptors (Lipinski definition) is 5. The average molecular weight is 666 g/mol. The van der Waals surface area contributed by atoms with Crippen molar-refractivity contribution in [3.05, 3.63) is 164 Å². The number of benzene rings is 8. The van der Waals surface area contributed by atoms with E-state index >= 15 is 0 Å². The van der Waals surface area contributed by atoms with E-state index in [-0.39, 0.29) is 0 Å². The molecule has 0 aliphatic carbocycles. The van der Waals surface area contributed by atoms with Crippen LogP contribution in [0, 0.1) is 0 Å². The summed E-state index contributed by atoms with van der Waals surface area (Å²) in [4.78, 5) is 15.6. The summed E-state index contributed by atoms with van der Waals surface area (Å²) in [6, 6.07) is 56.4. The molecule has 52 heavy (non-hydrogen) atoms. The Labute approximate surface area is 297 Å². The second-order valence-electron chi connectivity index (χ2n) is 13.2. The molecule has 5 nitrogen and oxygen atoms in total. The fraction of sp³-hybridized carbons (Fsp3) is 0. The molecule has 0 unspecified atom stereocenters. The van der Waals surface area contributed by atoms with Gasteiger partial charge in [0, 0.05) is 32.7 Å². The van der Waals surface area contributed by atoms with Gasteiger partial charge in [0.2, 0.25) is 0 Å². The van der Waals surface area contributed by atoms with E-state index in [1.165, 1.54) is 16.2 Å². The lowest BCUT2D eigenvalue weighted by molar-refractivity contribution is 0.669. The standard InChI is InChI=1S/C47H27N3O2/c1-2-11-29-24-33(23-22-28(29)10-1)30-14-7-15-34(25-30)45-48-46(37-18-9-21-41-43(37)36-16-5-6-20-40(36)51-41)50-47(49-45)38-19-8-17-35-39-26-31-12-3-4-13-32(31)27-42(39)52-44(35)38/h1-27H. The molecule has 11 aromatic rings. The Balaban J connectivity index is 1.15. The lowest BCUT2D eigenvalue weighted by Crippen LogP contribution is -2.00. The number of hydrogen-bond donors (Lipinski definition) is 0. The molecule has 0 radical (unpaired) electrons. The van der Waals surface area contributed by atoms with Crippen molar-refractivity contribution in [2.24, 2.45) is 0 Å². The van der Waals surface area contributed by atoms with Gasteiger partial charge in [-0.15, -0.1) is 0 Å². The Hall–Kier alpha value is -7.11. The molecule has 11 rings (SSSR count). The van der Waals surface area contributed by atoms with Crippen LogP contribution in [0.3, 0.4) is 0 Å². The van der Waals surface area contributed by atoms with Crippen molar-refractivity contribution >= 4 is 65.4 Å². The van der Waals surface area contributed by atoms with Crippen LogP contribution in [-0.4, -0.2) is 15.0 Å². The molecule has 0 amide bonds. The SMILES string of the molecule is c1cc(-c2ccc3ccccc3c2)cc(-c2nc(-c3cccc4c3oc3cc5ccccc5cc34)nc(-c3cccc4oc5ccccc5c34)n2)c1. The first-order valence-corrected chi connectivity index (χ1v) is 17.3. The molecule has 0 aliphatic heterocycles. The highest BCUT2D eigenvalue weighted by atomic mass is 16.3. The van der Waals surface area contributed by atoms with Gasteiger partial charge < -0.3 is 8.83 Å². The van der Waals surface area contributed by atoms with Crippen LogP contribution in [0.4, 0.5) is 0 Å². The summed E-state index contributed by atoms with van der Waals surface area (Å²) in [7, 11) is 0. The van der Waals surface area contributed by atoms with E-state index in [4.69, 9.17) is 23.8 Å². The molecule has 5 heteroatoms. The smallest absolute Gasteiger partial charge is 0.167 e. The van der Waals surface area contributed by atoms with E-state index < -0.39 is 0 Å². The molecule has 0 bridgehead atoms. The highest BCUT2D eigenvalue weighted by Crippen LogP contribution is 2.40. The predicted octanol–water partition coefficient (Wildman–Crippen LogP) is 12.6. The summed E-state index contributed by atoms with van der Waals surface area (Å²) in [5, 5.41) is 8.77. The van der Waals surface area contributed by atoms with E-state index in [9.17, 15) is 0 Å². The predicted molar refractivity (Wildman–Crippen MR) is 211 cm³/mol. The molecule has 8 aromatic carbocycles. The summed E-state index contributed by atoms with van der Waals surface area (Å²) < 4.78 is 12.9. The van der Waals surface area contributed by atoms with Gasteiger partial charge >= 0.3 is 0 Å². The van der Waals surface area contributed by atoms with E-state index in [0.717, 1.165) is 77.1 Å². The Morgan fingerprint density at radius 1 is 0.327 bits per heavy atom. The van der Waals surface area contributed by atoms with Crippen molar-refractivity contribution in [1.29, 1.82) is 0 Å². The van der Waals surface area contributed by atoms with Gasteiger partial charge in [-0.3, -0.25) is 0 Å². The van der Waals surface area contributed by atoms with Crippen LogP contribution in [0.2, 0.25) is 0 Å². The number of rotatable bonds is 4. The van der Waals surface area contributed by atoms with Gasteiger partial charge in [0.1, 0.15) is 22.3 Å². The lowest BCUT2D eigenvalue weighted by atomic mass is 9.99. The summed E-state index contributed by atoms with van der Waals surface area (Å²) >= 11 is 0. The molecule has 242 valence electrons. The Bertz CT molecular complexity index is 3210. The Morgan fingerprint density at radius 3 is 1.83 bits per heavy atom. The first kappa shape index (κ1) is 28.7. The third-order valence-electron chi connectivity index (χ3n) is 10.1. The van der Waals surface area contributed by atoms with Crippen molar-refractivity contribution in [1.82, 2.24) is 15.0 Å². The number of aromatic nitrogens is 3. The average Bonchev–Trinajstić information content (AvgIpc) is 3.77. The molecule has 3 aromatic heterocycles. The van der Waals surface area contributed by atoms with Gasteiger partial charge in [0.05, 0.1) is 5.56 Å². The summed E-state index contributed by atoms with van der Waals surface area (Å²) in [6.07, 6.45) is 0. The van der Waals surface area contributed by atoms with Crippen LogP contribution in [0.15, 0.2) is 173 Å². The summed E-state index contributed by atoms with van der Waals surface area (Å²) in [5.41, 5.74) is 7.96. The number of fused-ring (bicyclic) bond motifs is 8. The van der Waals surface area contributed by atoms with E-state index in [1.807, 2.05) is 36.4 Å². The lowest BCUT2D eigenvalue weighted by Gasteiger charge is -2.11. The zero-order valence-corrected chi connectivity index (χ0v) is 27.7. The minimum atomic E-state index is 0.537. The highest BCUT2D eigenvalue weighted by molar-refractivity contribution is 6.14. The molecule has 0 saturated heterocycles. The van der Waals surface area contributed by atoms with Crippen molar-refractivity contribution in [3.8, 4) is 45.3 Å². The number of furan rings is 2. The van der Waals surface area contributed by atoms with Crippen LogP contribution in [-0.2, 0) is 0 Å². The van der Waals surface area contributed by atoms with Crippen molar-refractivity contribution < 1.29 is 8.83 Å². The zero-order valence-electron chi connectivity index (χ0n) is 27.7. The maximum atomic E-state index is 6.65. The minimum absolute atomic E-state index is 0.537. The zero-order chi connectivity index (χ0) is 34.2. The topological polar surface area (TPSA) is 65.0 Å². The van der Waals surface area contributed by atoms with Gasteiger partial charge in [-0.25, -0.2) is 15.0 Å². The normalized spacial score (nSPS) is 11.8. The molecule has 0 fully saturated rings. The molecule has 0 aliphatic rings. The monoisotopic (exact) mass is 665 g/mol. The quantitative estimate of drug-likeness (QED) is 0.187. The van der Waals surface area contributed by atoms with Gasteiger partial charge in [-0.1, -0.05) is 121 Å². The first-order chi connectivity index (χ1) is 25.7. The van der Waals surface area contributed by atoms with E-state index in [1.54, 1.807) is 0 Å². The highest BCUT2D eigenvalue weighted by Gasteiger charge is 2.21.